The molecule has 6 heteroatoms. The lowest BCUT2D eigenvalue weighted by molar-refractivity contribution is -0.120. The van der Waals surface area contributed by atoms with Crippen molar-refractivity contribution in [3.63, 3.8) is 0 Å². The molecule has 3 aromatic rings. The third kappa shape index (κ3) is 4.89. The first-order chi connectivity index (χ1) is 14.7. The fourth-order valence-electron chi connectivity index (χ4n) is 3.04. The van der Waals surface area contributed by atoms with Gasteiger partial charge in [-0.3, -0.25) is 4.79 Å². The van der Waals surface area contributed by atoms with Gasteiger partial charge >= 0.3 is 0 Å². The van der Waals surface area contributed by atoms with Gasteiger partial charge in [0.2, 0.25) is 5.91 Å². The Balaban J connectivity index is 1.75. The first kappa shape index (κ1) is 20.7. The Kier molecular flexibility index (Phi) is 6.91. The van der Waals surface area contributed by atoms with Crippen LogP contribution in [-0.2, 0) is 11.2 Å². The van der Waals surface area contributed by atoms with Crippen LogP contribution >= 0.6 is 0 Å². The minimum atomic E-state index is -0.259. The summed E-state index contributed by atoms with van der Waals surface area (Å²) in [6.45, 7) is 0.144. The van der Waals surface area contributed by atoms with E-state index in [-0.39, 0.29) is 18.9 Å². The highest BCUT2D eigenvalue weighted by molar-refractivity contribution is 6.02. The molecule has 0 saturated heterocycles. The van der Waals surface area contributed by atoms with Crippen LogP contribution in [0.25, 0.3) is 10.8 Å². The van der Waals surface area contributed by atoms with Gasteiger partial charge in [0.25, 0.3) is 0 Å². The Labute approximate surface area is 175 Å². The zero-order chi connectivity index (χ0) is 21.3. The first-order valence-corrected chi connectivity index (χ1v) is 9.27. The maximum absolute atomic E-state index is 12.3. The SMILES string of the molecule is C#CCOc1ccc2ccccc2c1/C=N\NC(=O)Cc1ccc(OC)c(OC)c1. The van der Waals surface area contributed by atoms with Gasteiger partial charge in [-0.2, -0.15) is 5.10 Å². The predicted molar refractivity (Wildman–Crippen MR) is 117 cm³/mol. The van der Waals surface area contributed by atoms with E-state index < -0.39 is 0 Å². The average molecular weight is 402 g/mol. The van der Waals surface area contributed by atoms with E-state index in [1.807, 2.05) is 36.4 Å². The van der Waals surface area contributed by atoms with E-state index in [9.17, 15) is 4.79 Å². The molecule has 0 aliphatic carbocycles. The molecule has 0 aromatic heterocycles. The van der Waals surface area contributed by atoms with Gasteiger partial charge in [-0.05, 0) is 34.5 Å². The molecule has 0 saturated carbocycles. The molecular formula is C24H22N2O4. The van der Waals surface area contributed by atoms with Gasteiger partial charge in [0.1, 0.15) is 12.4 Å². The summed E-state index contributed by atoms with van der Waals surface area (Å²) in [6, 6.07) is 17.0. The van der Waals surface area contributed by atoms with Crippen LogP contribution in [0.3, 0.4) is 0 Å². The first-order valence-electron chi connectivity index (χ1n) is 9.27. The van der Waals surface area contributed by atoms with Crippen LogP contribution in [0.15, 0.2) is 59.7 Å². The van der Waals surface area contributed by atoms with Crippen molar-refractivity contribution in [3.05, 3.63) is 65.7 Å². The Morgan fingerprint density at radius 2 is 1.83 bits per heavy atom. The molecule has 0 spiro atoms. The quantitative estimate of drug-likeness (QED) is 0.355. The zero-order valence-electron chi connectivity index (χ0n) is 16.8. The normalized spacial score (nSPS) is 10.6. The summed E-state index contributed by atoms with van der Waals surface area (Å²) in [5.41, 5.74) is 4.08. The number of carbonyl (C=O) groups is 1. The lowest BCUT2D eigenvalue weighted by atomic mass is 10.0. The summed E-state index contributed by atoms with van der Waals surface area (Å²) >= 11 is 0. The molecular weight excluding hydrogens is 380 g/mol. The molecule has 0 heterocycles. The number of amides is 1. The smallest absolute Gasteiger partial charge is 0.244 e. The van der Waals surface area contributed by atoms with Gasteiger partial charge in [0.15, 0.2) is 11.5 Å². The van der Waals surface area contributed by atoms with Crippen molar-refractivity contribution in [2.24, 2.45) is 5.10 Å². The van der Waals surface area contributed by atoms with Gasteiger partial charge in [0, 0.05) is 5.56 Å². The van der Waals surface area contributed by atoms with Crippen LogP contribution in [0.5, 0.6) is 17.2 Å². The molecule has 0 atom stereocenters. The summed E-state index contributed by atoms with van der Waals surface area (Å²) in [4.78, 5) is 12.3. The molecule has 3 rings (SSSR count). The highest BCUT2D eigenvalue weighted by atomic mass is 16.5. The van der Waals surface area contributed by atoms with Gasteiger partial charge in [-0.1, -0.05) is 42.3 Å². The summed E-state index contributed by atoms with van der Waals surface area (Å²) in [6.07, 6.45) is 7.03. The number of methoxy groups -OCH3 is 2. The van der Waals surface area contributed by atoms with Crippen molar-refractivity contribution in [3.8, 4) is 29.6 Å². The monoisotopic (exact) mass is 402 g/mol. The van der Waals surface area contributed by atoms with Crippen LogP contribution in [0.2, 0.25) is 0 Å². The second-order valence-electron chi connectivity index (χ2n) is 6.35. The van der Waals surface area contributed by atoms with Crippen LogP contribution < -0.4 is 19.6 Å². The van der Waals surface area contributed by atoms with Gasteiger partial charge < -0.3 is 14.2 Å². The van der Waals surface area contributed by atoms with E-state index in [4.69, 9.17) is 20.6 Å². The van der Waals surface area contributed by atoms with Crippen LogP contribution in [0, 0.1) is 12.3 Å². The van der Waals surface area contributed by atoms with E-state index in [2.05, 4.69) is 16.4 Å². The summed E-state index contributed by atoms with van der Waals surface area (Å²) in [5.74, 6) is 3.97. The topological polar surface area (TPSA) is 69.2 Å². The fourth-order valence-corrected chi connectivity index (χ4v) is 3.04. The van der Waals surface area contributed by atoms with Crippen molar-refractivity contribution < 1.29 is 19.0 Å². The molecule has 0 fully saturated rings. The largest absolute Gasteiger partial charge is 0.493 e. The Morgan fingerprint density at radius 3 is 2.60 bits per heavy atom. The number of hydrogen-bond acceptors (Lipinski definition) is 5. The predicted octanol–water partition coefficient (Wildman–Crippen LogP) is 3.56. The van der Waals surface area contributed by atoms with E-state index in [0.717, 1.165) is 21.9 Å². The second-order valence-corrected chi connectivity index (χ2v) is 6.35. The molecule has 3 aromatic carbocycles. The van der Waals surface area contributed by atoms with E-state index in [0.29, 0.717) is 17.2 Å². The number of rotatable bonds is 8. The Bertz CT molecular complexity index is 1120. The molecule has 152 valence electrons. The number of hydrazone groups is 1. The molecule has 30 heavy (non-hydrogen) atoms. The number of benzene rings is 3. The average Bonchev–Trinajstić information content (AvgIpc) is 2.78. The van der Waals surface area contributed by atoms with E-state index in [1.165, 1.54) is 0 Å². The van der Waals surface area contributed by atoms with Crippen molar-refractivity contribution in [2.75, 3.05) is 20.8 Å². The molecule has 0 aliphatic heterocycles. The third-order valence-electron chi connectivity index (χ3n) is 4.44. The zero-order valence-corrected chi connectivity index (χ0v) is 16.8. The Morgan fingerprint density at radius 1 is 1.07 bits per heavy atom. The lowest BCUT2D eigenvalue weighted by Gasteiger charge is -2.10. The van der Waals surface area contributed by atoms with Gasteiger partial charge in [-0.25, -0.2) is 5.43 Å². The molecule has 1 amide bonds. The minimum absolute atomic E-state index is 0.144. The van der Waals surface area contributed by atoms with Crippen molar-refractivity contribution in [1.82, 2.24) is 5.43 Å². The van der Waals surface area contributed by atoms with E-state index in [1.54, 1.807) is 38.6 Å². The summed E-state index contributed by atoms with van der Waals surface area (Å²) < 4.78 is 16.1. The highest BCUT2D eigenvalue weighted by Crippen LogP contribution is 2.28. The molecule has 0 bridgehead atoms. The van der Waals surface area contributed by atoms with Crippen molar-refractivity contribution in [2.45, 2.75) is 6.42 Å². The maximum Gasteiger partial charge on any atom is 0.244 e. The van der Waals surface area contributed by atoms with Crippen LogP contribution in [0.1, 0.15) is 11.1 Å². The molecule has 0 radical (unpaired) electrons. The number of fused-ring (bicyclic) bond motifs is 1. The standard InChI is InChI=1S/C24H22N2O4/c1-4-13-30-21-12-10-18-7-5-6-8-19(18)20(21)16-25-26-24(27)15-17-9-11-22(28-2)23(14-17)29-3/h1,5-12,14,16H,13,15H2,2-3H3,(H,26,27)/b25-16-. The van der Waals surface area contributed by atoms with Crippen LogP contribution in [0.4, 0.5) is 0 Å². The minimum Gasteiger partial charge on any atom is -0.493 e. The second kappa shape index (κ2) is 9.99. The number of nitrogens with one attached hydrogen (secondary N) is 1. The van der Waals surface area contributed by atoms with Crippen molar-refractivity contribution in [1.29, 1.82) is 0 Å². The third-order valence-corrected chi connectivity index (χ3v) is 4.44. The molecule has 1 N–H and O–H groups in total. The maximum atomic E-state index is 12.3. The number of hydrogen-bond donors (Lipinski definition) is 1. The lowest BCUT2D eigenvalue weighted by Crippen LogP contribution is -2.19. The molecule has 0 unspecified atom stereocenters. The van der Waals surface area contributed by atoms with Crippen molar-refractivity contribution >= 4 is 22.9 Å². The fraction of sp³-hybridized carbons (Fsp3) is 0.167. The summed E-state index contributed by atoms with van der Waals surface area (Å²) in [7, 11) is 3.11. The number of terminal acetylenes is 1. The Hall–Kier alpha value is -3.98. The molecule has 6 nitrogen and oxygen atoms in total. The number of ether oxygens (including phenoxy) is 3. The van der Waals surface area contributed by atoms with Gasteiger partial charge in [0.05, 0.1) is 26.9 Å². The molecule has 0 aliphatic rings. The van der Waals surface area contributed by atoms with Gasteiger partial charge in [-0.15, -0.1) is 6.42 Å². The summed E-state index contributed by atoms with van der Waals surface area (Å²) in [5, 5.41) is 6.10. The number of carbonyl (C=O) groups excluding carboxylic acids is 1. The van der Waals surface area contributed by atoms with E-state index >= 15 is 0 Å². The highest BCUT2D eigenvalue weighted by Gasteiger charge is 2.09. The van der Waals surface area contributed by atoms with Crippen LogP contribution in [-0.4, -0.2) is 32.9 Å². The number of nitrogens with zero attached hydrogens (tertiary/aromatic N) is 1.